The molecular formula is C25H30N4O4. The van der Waals surface area contributed by atoms with Crippen molar-refractivity contribution < 1.29 is 19.1 Å². The molecule has 2 fully saturated rings. The van der Waals surface area contributed by atoms with Crippen LogP contribution < -0.4 is 19.7 Å². The number of fused-ring (bicyclic) bond motifs is 1. The van der Waals surface area contributed by atoms with Gasteiger partial charge in [-0.1, -0.05) is 6.07 Å². The molecule has 3 aliphatic heterocycles. The Kier molecular flexibility index (Phi) is 6.35. The number of hydrogen-bond acceptors (Lipinski definition) is 6. The second-order valence-corrected chi connectivity index (χ2v) is 8.80. The molecule has 8 nitrogen and oxygen atoms in total. The minimum Gasteiger partial charge on any atom is -0.454 e. The average Bonchev–Trinajstić information content (AvgIpc) is 3.33. The molecule has 1 N–H and O–H groups in total. The van der Waals surface area contributed by atoms with Crippen LogP contribution in [0, 0.1) is 0 Å². The van der Waals surface area contributed by atoms with E-state index in [1.165, 1.54) is 19.3 Å². The highest BCUT2D eigenvalue weighted by atomic mass is 16.7. The van der Waals surface area contributed by atoms with Gasteiger partial charge in [-0.3, -0.25) is 14.5 Å². The second-order valence-electron chi connectivity index (χ2n) is 8.80. The molecule has 2 amide bonds. The molecule has 0 radical (unpaired) electrons. The Morgan fingerprint density at radius 3 is 2.30 bits per heavy atom. The number of rotatable bonds is 4. The highest BCUT2D eigenvalue weighted by Gasteiger charge is 2.26. The summed E-state index contributed by atoms with van der Waals surface area (Å²) in [6.45, 7) is 5.69. The smallest absolute Gasteiger partial charge is 0.313 e. The highest BCUT2D eigenvalue weighted by molar-refractivity contribution is 6.39. The van der Waals surface area contributed by atoms with E-state index in [9.17, 15) is 9.59 Å². The van der Waals surface area contributed by atoms with Crippen molar-refractivity contribution in [3.05, 3.63) is 48.0 Å². The van der Waals surface area contributed by atoms with E-state index in [0.717, 1.165) is 55.5 Å². The normalized spacial score (nSPS) is 18.3. The topological polar surface area (TPSA) is 74.4 Å². The van der Waals surface area contributed by atoms with Gasteiger partial charge in [-0.15, -0.1) is 0 Å². The number of carbonyl (C=O) groups excluding carboxylic acids is 2. The van der Waals surface area contributed by atoms with Crippen LogP contribution in [0.5, 0.6) is 11.5 Å². The largest absolute Gasteiger partial charge is 0.454 e. The number of piperazine rings is 1. The number of hydrogen-bond donors (Lipinski definition) is 1. The molecule has 0 saturated carbocycles. The van der Waals surface area contributed by atoms with E-state index >= 15 is 0 Å². The molecule has 0 unspecified atom stereocenters. The fourth-order valence-electron chi connectivity index (χ4n) is 4.64. The average molecular weight is 451 g/mol. The maximum absolute atomic E-state index is 12.7. The molecule has 8 heteroatoms. The maximum atomic E-state index is 12.7. The van der Waals surface area contributed by atoms with E-state index in [-0.39, 0.29) is 6.79 Å². The predicted octanol–water partition coefficient (Wildman–Crippen LogP) is 2.69. The van der Waals surface area contributed by atoms with E-state index in [1.54, 1.807) is 4.90 Å². The third-order valence-electron chi connectivity index (χ3n) is 6.54. The zero-order chi connectivity index (χ0) is 22.6. The standard InChI is InChI=1S/C25H30N4O4/c30-24(26-20-5-7-21(8-6-20)28-10-2-1-3-11-28)25(31)29-14-12-27(13-15-29)17-19-4-9-22-23(16-19)33-18-32-22/h4-9,16H,1-3,10-15,17-18H2,(H,26,30). The molecule has 3 aliphatic rings. The number of ether oxygens (including phenoxy) is 2. The van der Waals surface area contributed by atoms with Crippen LogP contribution in [0.1, 0.15) is 24.8 Å². The third kappa shape index (κ3) is 5.06. The van der Waals surface area contributed by atoms with Crippen LogP contribution in [-0.4, -0.2) is 67.7 Å². The van der Waals surface area contributed by atoms with E-state index in [0.29, 0.717) is 18.8 Å². The summed E-state index contributed by atoms with van der Waals surface area (Å²) in [5.74, 6) is 0.506. The summed E-state index contributed by atoms with van der Waals surface area (Å²) >= 11 is 0. The monoisotopic (exact) mass is 450 g/mol. The van der Waals surface area contributed by atoms with Crippen molar-refractivity contribution in [2.75, 3.05) is 56.3 Å². The minimum atomic E-state index is -0.579. The van der Waals surface area contributed by atoms with Gasteiger partial charge in [0.15, 0.2) is 11.5 Å². The molecule has 2 aromatic rings. The lowest BCUT2D eigenvalue weighted by Crippen LogP contribution is -2.51. The fraction of sp³-hybridized carbons (Fsp3) is 0.440. The van der Waals surface area contributed by atoms with Crippen LogP contribution in [0.2, 0.25) is 0 Å². The Labute approximate surface area is 194 Å². The predicted molar refractivity (Wildman–Crippen MR) is 126 cm³/mol. The number of piperidine rings is 1. The SMILES string of the molecule is O=C(Nc1ccc(N2CCCCC2)cc1)C(=O)N1CCN(Cc2ccc3c(c2)OCO3)CC1. The molecule has 3 heterocycles. The van der Waals surface area contributed by atoms with Gasteiger partial charge in [0.05, 0.1) is 0 Å². The second kappa shape index (κ2) is 9.70. The van der Waals surface area contributed by atoms with Gasteiger partial charge in [0.25, 0.3) is 0 Å². The molecule has 0 aliphatic carbocycles. The van der Waals surface area contributed by atoms with Crippen LogP contribution in [0.25, 0.3) is 0 Å². The fourth-order valence-corrected chi connectivity index (χ4v) is 4.64. The summed E-state index contributed by atoms with van der Waals surface area (Å²) in [7, 11) is 0. The Hall–Kier alpha value is -3.26. The van der Waals surface area contributed by atoms with Crippen molar-refractivity contribution in [1.29, 1.82) is 0 Å². The molecule has 0 bridgehead atoms. The summed E-state index contributed by atoms with van der Waals surface area (Å²) < 4.78 is 10.8. The summed E-state index contributed by atoms with van der Waals surface area (Å²) in [5.41, 5.74) is 2.96. The molecular weight excluding hydrogens is 420 g/mol. The third-order valence-corrected chi connectivity index (χ3v) is 6.54. The van der Waals surface area contributed by atoms with Crippen LogP contribution in [-0.2, 0) is 16.1 Å². The van der Waals surface area contributed by atoms with Crippen molar-refractivity contribution in [2.45, 2.75) is 25.8 Å². The Morgan fingerprint density at radius 1 is 0.818 bits per heavy atom. The number of anilines is 2. The van der Waals surface area contributed by atoms with Crippen molar-refractivity contribution in [2.24, 2.45) is 0 Å². The lowest BCUT2D eigenvalue weighted by molar-refractivity contribution is -0.144. The van der Waals surface area contributed by atoms with E-state index in [4.69, 9.17) is 9.47 Å². The number of nitrogens with one attached hydrogen (secondary N) is 1. The number of nitrogens with zero attached hydrogens (tertiary/aromatic N) is 3. The van der Waals surface area contributed by atoms with Crippen LogP contribution in [0.15, 0.2) is 42.5 Å². The molecule has 33 heavy (non-hydrogen) atoms. The lowest BCUT2D eigenvalue weighted by atomic mass is 10.1. The number of amides is 2. The molecule has 0 aromatic heterocycles. The van der Waals surface area contributed by atoms with Gasteiger partial charge in [0, 0.05) is 57.2 Å². The summed E-state index contributed by atoms with van der Waals surface area (Å²) in [6.07, 6.45) is 3.73. The van der Waals surface area contributed by atoms with E-state index in [2.05, 4.69) is 15.1 Å². The van der Waals surface area contributed by atoms with Crippen LogP contribution in [0.3, 0.4) is 0 Å². The van der Waals surface area contributed by atoms with Crippen molar-refractivity contribution >= 4 is 23.2 Å². The van der Waals surface area contributed by atoms with Gasteiger partial charge in [0.1, 0.15) is 0 Å². The summed E-state index contributed by atoms with van der Waals surface area (Å²) in [5, 5.41) is 2.76. The Balaban J connectivity index is 1.09. The Morgan fingerprint density at radius 2 is 1.55 bits per heavy atom. The maximum Gasteiger partial charge on any atom is 0.313 e. The summed E-state index contributed by atoms with van der Waals surface area (Å²) in [4.78, 5) is 31.5. The first-order valence-corrected chi connectivity index (χ1v) is 11.7. The molecule has 0 atom stereocenters. The Bertz CT molecular complexity index is 996. The van der Waals surface area contributed by atoms with Gasteiger partial charge < -0.3 is 24.6 Å². The molecule has 0 spiro atoms. The minimum absolute atomic E-state index is 0.268. The van der Waals surface area contributed by atoms with Gasteiger partial charge in [-0.2, -0.15) is 0 Å². The highest BCUT2D eigenvalue weighted by Crippen LogP contribution is 2.32. The molecule has 174 valence electrons. The van der Waals surface area contributed by atoms with Gasteiger partial charge in [-0.05, 0) is 61.2 Å². The molecule has 5 rings (SSSR count). The number of benzene rings is 2. The summed E-state index contributed by atoms with van der Waals surface area (Å²) in [6, 6.07) is 13.7. The van der Waals surface area contributed by atoms with Gasteiger partial charge in [0.2, 0.25) is 6.79 Å². The molecule has 2 aromatic carbocycles. The zero-order valence-corrected chi connectivity index (χ0v) is 18.8. The van der Waals surface area contributed by atoms with Crippen molar-refractivity contribution in [1.82, 2.24) is 9.80 Å². The first-order chi connectivity index (χ1) is 16.2. The quantitative estimate of drug-likeness (QED) is 0.722. The first-order valence-electron chi connectivity index (χ1n) is 11.7. The van der Waals surface area contributed by atoms with E-state index < -0.39 is 11.8 Å². The van der Waals surface area contributed by atoms with Gasteiger partial charge in [-0.25, -0.2) is 0 Å². The zero-order valence-electron chi connectivity index (χ0n) is 18.8. The van der Waals surface area contributed by atoms with Crippen molar-refractivity contribution in [3.63, 3.8) is 0 Å². The van der Waals surface area contributed by atoms with Gasteiger partial charge >= 0.3 is 11.8 Å². The molecule has 2 saturated heterocycles. The van der Waals surface area contributed by atoms with Crippen LogP contribution >= 0.6 is 0 Å². The number of carbonyl (C=O) groups is 2. The van der Waals surface area contributed by atoms with E-state index in [1.807, 2.05) is 42.5 Å². The first kappa shape index (κ1) is 21.6. The lowest BCUT2D eigenvalue weighted by Gasteiger charge is -2.34. The van der Waals surface area contributed by atoms with Crippen LogP contribution in [0.4, 0.5) is 11.4 Å². The van der Waals surface area contributed by atoms with Crippen molar-refractivity contribution in [3.8, 4) is 11.5 Å².